The molecule has 0 fully saturated rings. The quantitative estimate of drug-likeness (QED) is 0.650. The highest BCUT2D eigenvalue weighted by Crippen LogP contribution is 2.33. The van der Waals surface area contributed by atoms with Crippen molar-refractivity contribution in [1.82, 2.24) is 5.48 Å². The molecule has 14 heavy (non-hydrogen) atoms. The van der Waals surface area contributed by atoms with Crippen LogP contribution in [-0.4, -0.2) is 16.5 Å². The Morgan fingerprint density at radius 2 is 1.93 bits per heavy atom. The molecular formula is C8H8F3NO2. The van der Waals surface area contributed by atoms with Gasteiger partial charge in [-0.15, -0.1) is 0 Å². The van der Waals surface area contributed by atoms with E-state index in [9.17, 15) is 13.2 Å². The molecule has 0 unspecified atom stereocenters. The number of phenolic OH excluding ortho intramolecular Hbond substituents is 1. The normalized spacial score (nSPS) is 14.0. The summed E-state index contributed by atoms with van der Waals surface area (Å²) in [6, 6.07) is 2.41. The van der Waals surface area contributed by atoms with Gasteiger partial charge in [0.25, 0.3) is 0 Å². The van der Waals surface area contributed by atoms with Gasteiger partial charge < -0.3 is 10.3 Å². The number of halogens is 3. The minimum Gasteiger partial charge on any atom is -0.508 e. The summed E-state index contributed by atoms with van der Waals surface area (Å²) in [7, 11) is 0. The molecule has 1 atom stereocenters. The standard InChI is InChI=1S/C8H8F3NO2/c9-8(10,11)7(12-14)5-2-1-3-6(13)4-5/h1-4,7,12-14H/t7-/m0/s1. The molecule has 78 valence electrons. The van der Waals surface area contributed by atoms with Gasteiger partial charge >= 0.3 is 6.18 Å². The first-order valence-corrected chi connectivity index (χ1v) is 3.70. The SMILES string of the molecule is ON[C@@H](c1cccc(O)c1)C(F)(F)F. The van der Waals surface area contributed by atoms with E-state index in [-0.39, 0.29) is 11.3 Å². The molecule has 3 N–H and O–H groups in total. The maximum Gasteiger partial charge on any atom is 0.410 e. The summed E-state index contributed by atoms with van der Waals surface area (Å²) < 4.78 is 36.7. The number of hydrogen-bond donors (Lipinski definition) is 3. The zero-order valence-corrected chi connectivity index (χ0v) is 6.92. The number of nitrogens with one attached hydrogen (secondary N) is 1. The summed E-state index contributed by atoms with van der Waals surface area (Å²) in [5, 5.41) is 17.3. The van der Waals surface area contributed by atoms with Crippen molar-refractivity contribution in [3.05, 3.63) is 29.8 Å². The van der Waals surface area contributed by atoms with Crippen molar-refractivity contribution in [3.8, 4) is 5.75 Å². The van der Waals surface area contributed by atoms with Crippen molar-refractivity contribution in [3.63, 3.8) is 0 Å². The van der Waals surface area contributed by atoms with Crippen LogP contribution in [0.5, 0.6) is 5.75 Å². The third-order valence-corrected chi connectivity index (χ3v) is 1.66. The fourth-order valence-corrected chi connectivity index (χ4v) is 1.04. The van der Waals surface area contributed by atoms with Crippen LogP contribution in [0.4, 0.5) is 13.2 Å². The van der Waals surface area contributed by atoms with Gasteiger partial charge in [0, 0.05) is 0 Å². The molecule has 1 aromatic carbocycles. The highest BCUT2D eigenvalue weighted by Gasteiger charge is 2.40. The van der Waals surface area contributed by atoms with Crippen LogP contribution in [0.1, 0.15) is 11.6 Å². The van der Waals surface area contributed by atoms with Crippen molar-refractivity contribution in [2.75, 3.05) is 0 Å². The van der Waals surface area contributed by atoms with Crippen LogP contribution >= 0.6 is 0 Å². The minimum absolute atomic E-state index is 0.250. The number of hydroxylamine groups is 1. The van der Waals surface area contributed by atoms with Crippen molar-refractivity contribution >= 4 is 0 Å². The van der Waals surface area contributed by atoms with Crippen LogP contribution in [0.2, 0.25) is 0 Å². The molecule has 0 aliphatic heterocycles. The predicted octanol–water partition coefficient (Wildman–Crippen LogP) is 1.97. The molecule has 0 aromatic heterocycles. The second-order valence-corrected chi connectivity index (χ2v) is 2.70. The molecule has 0 saturated heterocycles. The summed E-state index contributed by atoms with van der Waals surface area (Å²) in [5.74, 6) is -0.285. The average molecular weight is 207 g/mol. The lowest BCUT2D eigenvalue weighted by Gasteiger charge is -2.18. The molecule has 0 aliphatic carbocycles. The van der Waals surface area contributed by atoms with Gasteiger partial charge in [-0.25, -0.2) is 0 Å². The summed E-state index contributed by atoms with van der Waals surface area (Å²) >= 11 is 0. The first kappa shape index (κ1) is 10.8. The summed E-state index contributed by atoms with van der Waals surface area (Å²) in [6.07, 6.45) is -4.61. The maximum absolute atomic E-state index is 12.2. The highest BCUT2D eigenvalue weighted by atomic mass is 19.4. The van der Waals surface area contributed by atoms with Crippen LogP contribution in [-0.2, 0) is 0 Å². The largest absolute Gasteiger partial charge is 0.508 e. The molecule has 0 spiro atoms. The Labute approximate surface area is 77.8 Å². The third-order valence-electron chi connectivity index (χ3n) is 1.66. The average Bonchev–Trinajstić information content (AvgIpc) is 2.02. The number of hydrogen-bond acceptors (Lipinski definition) is 3. The fourth-order valence-electron chi connectivity index (χ4n) is 1.04. The monoisotopic (exact) mass is 207 g/mol. The van der Waals surface area contributed by atoms with Gasteiger partial charge in [-0.3, -0.25) is 0 Å². The van der Waals surface area contributed by atoms with E-state index < -0.39 is 12.2 Å². The fraction of sp³-hybridized carbons (Fsp3) is 0.250. The van der Waals surface area contributed by atoms with Crippen LogP contribution in [0.15, 0.2) is 24.3 Å². The van der Waals surface area contributed by atoms with Crippen molar-refractivity contribution in [2.45, 2.75) is 12.2 Å². The first-order chi connectivity index (χ1) is 6.45. The van der Waals surface area contributed by atoms with Gasteiger partial charge in [0.05, 0.1) is 0 Å². The van der Waals surface area contributed by atoms with E-state index in [0.717, 1.165) is 17.6 Å². The zero-order chi connectivity index (χ0) is 10.8. The molecule has 0 amide bonds. The van der Waals surface area contributed by atoms with Gasteiger partial charge in [0.1, 0.15) is 5.75 Å². The third kappa shape index (κ3) is 2.36. The zero-order valence-electron chi connectivity index (χ0n) is 6.92. The van der Waals surface area contributed by atoms with Crippen LogP contribution in [0.25, 0.3) is 0 Å². The molecule has 1 aromatic rings. The lowest BCUT2D eigenvalue weighted by molar-refractivity contribution is -0.178. The number of benzene rings is 1. The molecule has 3 nitrogen and oxygen atoms in total. The van der Waals surface area contributed by atoms with Crippen molar-refractivity contribution < 1.29 is 23.5 Å². The van der Waals surface area contributed by atoms with E-state index in [0.29, 0.717) is 0 Å². The topological polar surface area (TPSA) is 52.5 Å². The van der Waals surface area contributed by atoms with Crippen LogP contribution in [0.3, 0.4) is 0 Å². The van der Waals surface area contributed by atoms with Gasteiger partial charge in [-0.05, 0) is 17.7 Å². The molecule has 0 aliphatic rings. The van der Waals surface area contributed by atoms with Crippen molar-refractivity contribution in [1.29, 1.82) is 0 Å². The second-order valence-electron chi connectivity index (χ2n) is 2.70. The number of phenols is 1. The Hall–Kier alpha value is -1.27. The minimum atomic E-state index is -4.61. The van der Waals surface area contributed by atoms with E-state index in [4.69, 9.17) is 10.3 Å². The first-order valence-electron chi connectivity index (χ1n) is 3.70. The van der Waals surface area contributed by atoms with Gasteiger partial charge in [-0.2, -0.15) is 18.7 Å². The molecular weight excluding hydrogens is 199 g/mol. The molecule has 1 rings (SSSR count). The van der Waals surface area contributed by atoms with E-state index in [1.54, 1.807) is 0 Å². The Bertz CT molecular complexity index is 314. The number of aromatic hydroxyl groups is 1. The lowest BCUT2D eigenvalue weighted by atomic mass is 10.1. The molecule has 0 heterocycles. The highest BCUT2D eigenvalue weighted by molar-refractivity contribution is 5.29. The van der Waals surface area contributed by atoms with E-state index in [1.807, 2.05) is 0 Å². The van der Waals surface area contributed by atoms with E-state index in [2.05, 4.69) is 0 Å². The van der Waals surface area contributed by atoms with Gasteiger partial charge in [0.2, 0.25) is 0 Å². The Kier molecular flexibility index (Phi) is 2.97. The second kappa shape index (κ2) is 3.85. The lowest BCUT2D eigenvalue weighted by Crippen LogP contribution is -2.31. The smallest absolute Gasteiger partial charge is 0.410 e. The summed E-state index contributed by atoms with van der Waals surface area (Å²) in [5.41, 5.74) is 0.899. The van der Waals surface area contributed by atoms with Crippen LogP contribution in [0, 0.1) is 0 Å². The van der Waals surface area contributed by atoms with E-state index in [1.165, 1.54) is 12.1 Å². The molecule has 0 radical (unpaired) electrons. The summed E-state index contributed by atoms with van der Waals surface area (Å²) in [6.45, 7) is 0. The Morgan fingerprint density at radius 1 is 1.29 bits per heavy atom. The Morgan fingerprint density at radius 3 is 2.36 bits per heavy atom. The molecule has 0 saturated carbocycles. The molecule has 6 heteroatoms. The van der Waals surface area contributed by atoms with Crippen LogP contribution < -0.4 is 5.48 Å². The van der Waals surface area contributed by atoms with Gasteiger partial charge in [0.15, 0.2) is 6.04 Å². The molecule has 0 bridgehead atoms. The van der Waals surface area contributed by atoms with E-state index >= 15 is 0 Å². The van der Waals surface area contributed by atoms with Crippen molar-refractivity contribution in [2.24, 2.45) is 0 Å². The Balaban J connectivity index is 3.01. The summed E-state index contributed by atoms with van der Waals surface area (Å²) in [4.78, 5) is 0. The number of rotatable bonds is 2. The maximum atomic E-state index is 12.2. The van der Waals surface area contributed by atoms with Gasteiger partial charge in [-0.1, -0.05) is 12.1 Å². The number of alkyl halides is 3. The predicted molar refractivity (Wildman–Crippen MR) is 41.8 cm³/mol.